The fourth-order valence-corrected chi connectivity index (χ4v) is 7.10. The molecular formula is C29H31N3O2S. The number of para-hydroxylation sites is 1. The maximum Gasteiger partial charge on any atom is 0.251 e. The van der Waals surface area contributed by atoms with Crippen LogP contribution in [0.15, 0.2) is 71.4 Å². The largest absolute Gasteiger partial charge is 0.378 e. The number of nitrogens with zero attached hydrogens (tertiary/aromatic N) is 1. The summed E-state index contributed by atoms with van der Waals surface area (Å²) < 4.78 is 0. The second kappa shape index (κ2) is 9.50. The molecule has 180 valence electrons. The average molecular weight is 486 g/mol. The van der Waals surface area contributed by atoms with E-state index in [1.807, 2.05) is 30.3 Å². The van der Waals surface area contributed by atoms with Crippen LogP contribution in [0.4, 0.5) is 5.69 Å². The van der Waals surface area contributed by atoms with Crippen LogP contribution in [0, 0.1) is 11.8 Å². The maximum atomic E-state index is 14.1. The molecule has 3 aliphatic rings. The maximum absolute atomic E-state index is 14.1. The Kier molecular flexibility index (Phi) is 6.06. The Morgan fingerprint density at radius 3 is 2.57 bits per heavy atom. The summed E-state index contributed by atoms with van der Waals surface area (Å²) in [6.45, 7) is 0.765. The van der Waals surface area contributed by atoms with Crippen molar-refractivity contribution in [2.45, 2.75) is 50.2 Å². The van der Waals surface area contributed by atoms with Gasteiger partial charge in [-0.15, -0.1) is 0 Å². The SMILES string of the molecule is O=C(N[C@@H]1CCCC[C@@H]1C(=O)N1CCC2C(c3ccsc3)Nc3ccccc3C21)c1ccccc1. The number of hydrogen-bond donors (Lipinski definition) is 2. The lowest BCUT2D eigenvalue weighted by molar-refractivity contribution is -0.138. The molecule has 6 rings (SSSR count). The Hall–Kier alpha value is -3.12. The van der Waals surface area contributed by atoms with Crippen molar-refractivity contribution in [2.24, 2.45) is 11.8 Å². The van der Waals surface area contributed by atoms with Gasteiger partial charge in [0, 0.05) is 29.8 Å². The monoisotopic (exact) mass is 485 g/mol. The van der Waals surface area contributed by atoms with Crippen LogP contribution in [-0.2, 0) is 4.79 Å². The minimum absolute atomic E-state index is 0.0669. The van der Waals surface area contributed by atoms with Gasteiger partial charge in [0.2, 0.25) is 5.91 Å². The van der Waals surface area contributed by atoms with Gasteiger partial charge in [0.1, 0.15) is 0 Å². The molecule has 2 aromatic carbocycles. The van der Waals surface area contributed by atoms with Crippen LogP contribution in [0.2, 0.25) is 0 Å². The predicted octanol–water partition coefficient (Wildman–Crippen LogP) is 5.79. The lowest BCUT2D eigenvalue weighted by atomic mass is 9.79. The van der Waals surface area contributed by atoms with Gasteiger partial charge < -0.3 is 15.5 Å². The predicted molar refractivity (Wildman–Crippen MR) is 139 cm³/mol. The van der Waals surface area contributed by atoms with Crippen LogP contribution in [0.3, 0.4) is 0 Å². The second-order valence-electron chi connectivity index (χ2n) is 10.0. The zero-order chi connectivity index (χ0) is 23.8. The molecule has 0 radical (unpaired) electrons. The number of rotatable bonds is 4. The number of nitrogens with one attached hydrogen (secondary N) is 2. The second-order valence-corrected chi connectivity index (χ2v) is 10.8. The van der Waals surface area contributed by atoms with E-state index in [-0.39, 0.29) is 35.9 Å². The highest BCUT2D eigenvalue weighted by atomic mass is 32.1. The van der Waals surface area contributed by atoms with E-state index in [1.54, 1.807) is 11.3 Å². The highest BCUT2D eigenvalue weighted by molar-refractivity contribution is 7.08. The van der Waals surface area contributed by atoms with E-state index in [9.17, 15) is 9.59 Å². The normalized spacial score (nSPS) is 27.4. The number of hydrogen-bond acceptors (Lipinski definition) is 4. The lowest BCUT2D eigenvalue weighted by Crippen LogP contribution is -2.50. The summed E-state index contributed by atoms with van der Waals surface area (Å²) in [4.78, 5) is 29.2. The molecule has 3 aromatic rings. The molecule has 0 bridgehead atoms. The highest BCUT2D eigenvalue weighted by Crippen LogP contribution is 2.52. The van der Waals surface area contributed by atoms with Gasteiger partial charge in [0.25, 0.3) is 5.91 Å². The molecule has 3 unspecified atom stereocenters. The van der Waals surface area contributed by atoms with Crippen molar-refractivity contribution in [1.82, 2.24) is 10.2 Å². The van der Waals surface area contributed by atoms with Crippen LogP contribution in [0.25, 0.3) is 0 Å². The van der Waals surface area contributed by atoms with Crippen molar-refractivity contribution in [1.29, 1.82) is 0 Å². The minimum Gasteiger partial charge on any atom is -0.378 e. The molecule has 5 atom stereocenters. The van der Waals surface area contributed by atoms with Crippen LogP contribution >= 0.6 is 11.3 Å². The molecule has 1 aromatic heterocycles. The molecule has 2 fully saturated rings. The van der Waals surface area contributed by atoms with Gasteiger partial charge >= 0.3 is 0 Å². The van der Waals surface area contributed by atoms with Crippen LogP contribution in [0.1, 0.15) is 65.7 Å². The summed E-state index contributed by atoms with van der Waals surface area (Å²) in [6, 6.07) is 20.1. The van der Waals surface area contributed by atoms with E-state index in [2.05, 4.69) is 56.6 Å². The molecule has 1 aliphatic carbocycles. The number of carbonyl (C=O) groups excluding carboxylic acids is 2. The van der Waals surface area contributed by atoms with Gasteiger partial charge in [-0.2, -0.15) is 11.3 Å². The van der Waals surface area contributed by atoms with Gasteiger partial charge in [-0.25, -0.2) is 0 Å². The molecule has 2 aliphatic heterocycles. The van der Waals surface area contributed by atoms with Gasteiger partial charge in [-0.3, -0.25) is 9.59 Å². The first-order valence-corrected chi connectivity index (χ1v) is 13.7. The van der Waals surface area contributed by atoms with E-state index in [1.165, 1.54) is 11.1 Å². The summed E-state index contributed by atoms with van der Waals surface area (Å²) in [5.74, 6) is 0.289. The Balaban J connectivity index is 1.27. The smallest absolute Gasteiger partial charge is 0.251 e. The molecule has 6 heteroatoms. The standard InChI is InChI=1S/C29H31N3O2S/c33-28(19-8-2-1-3-9-19)31-25-13-7-5-11-22(25)29(34)32-16-14-23-26(20-15-17-35-18-20)30-24-12-6-4-10-21(24)27(23)32/h1-4,6,8-10,12,15,17-18,22-23,25-27,30H,5,7,11,13-14,16H2,(H,31,33)/t22-,23?,25+,26?,27?/m0/s1. The summed E-state index contributed by atoms with van der Waals surface area (Å²) in [6.07, 6.45) is 4.74. The molecule has 5 nitrogen and oxygen atoms in total. The Morgan fingerprint density at radius 2 is 1.74 bits per heavy atom. The third kappa shape index (κ3) is 4.14. The number of benzene rings is 2. The number of likely N-dealkylation sites (tertiary alicyclic amines) is 1. The molecule has 1 saturated carbocycles. The third-order valence-electron chi connectivity index (χ3n) is 8.08. The molecule has 1 saturated heterocycles. The van der Waals surface area contributed by atoms with Crippen molar-refractivity contribution >= 4 is 28.8 Å². The van der Waals surface area contributed by atoms with Crippen LogP contribution < -0.4 is 10.6 Å². The van der Waals surface area contributed by atoms with E-state index in [0.29, 0.717) is 11.5 Å². The van der Waals surface area contributed by atoms with Crippen LogP contribution in [0.5, 0.6) is 0 Å². The Labute approximate surface area is 210 Å². The number of thiophene rings is 1. The molecule has 2 N–H and O–H groups in total. The van der Waals surface area contributed by atoms with Crippen molar-refractivity contribution in [3.8, 4) is 0 Å². The summed E-state index contributed by atoms with van der Waals surface area (Å²) in [5, 5.41) is 11.3. The first-order chi connectivity index (χ1) is 17.2. The van der Waals surface area contributed by atoms with Crippen LogP contribution in [-0.4, -0.2) is 29.3 Å². The van der Waals surface area contributed by atoms with Crippen molar-refractivity contribution in [2.75, 3.05) is 11.9 Å². The van der Waals surface area contributed by atoms with E-state index < -0.39 is 0 Å². The first-order valence-electron chi connectivity index (χ1n) is 12.7. The zero-order valence-corrected chi connectivity index (χ0v) is 20.5. The fraction of sp³-hybridized carbons (Fsp3) is 0.379. The summed E-state index contributed by atoms with van der Waals surface area (Å²) in [7, 11) is 0. The van der Waals surface area contributed by atoms with Gasteiger partial charge in [0.05, 0.1) is 18.0 Å². The van der Waals surface area contributed by atoms with Crippen molar-refractivity contribution < 1.29 is 9.59 Å². The first kappa shape index (κ1) is 22.4. The number of anilines is 1. The van der Waals surface area contributed by atoms with E-state index in [4.69, 9.17) is 0 Å². The Morgan fingerprint density at radius 1 is 0.943 bits per heavy atom. The fourth-order valence-electron chi connectivity index (χ4n) is 6.41. The number of amides is 2. The van der Waals surface area contributed by atoms with Gasteiger partial charge in [-0.1, -0.05) is 49.2 Å². The van der Waals surface area contributed by atoms with Crippen molar-refractivity contribution in [3.63, 3.8) is 0 Å². The number of fused-ring (bicyclic) bond motifs is 3. The number of carbonyl (C=O) groups is 2. The van der Waals surface area contributed by atoms with Gasteiger partial charge in [0.15, 0.2) is 0 Å². The van der Waals surface area contributed by atoms with Crippen molar-refractivity contribution in [3.05, 3.63) is 88.1 Å². The molecule has 3 heterocycles. The van der Waals surface area contributed by atoms with E-state index >= 15 is 0 Å². The minimum atomic E-state index is -0.170. The third-order valence-corrected chi connectivity index (χ3v) is 8.79. The lowest BCUT2D eigenvalue weighted by Gasteiger charge is -2.41. The quantitative estimate of drug-likeness (QED) is 0.491. The zero-order valence-electron chi connectivity index (χ0n) is 19.7. The molecule has 35 heavy (non-hydrogen) atoms. The highest BCUT2D eigenvalue weighted by Gasteiger charge is 2.48. The Bertz CT molecular complexity index is 1200. The molecule has 0 spiro atoms. The topological polar surface area (TPSA) is 61.4 Å². The summed E-state index contributed by atoms with van der Waals surface area (Å²) in [5.41, 5.74) is 4.30. The molecular weight excluding hydrogens is 454 g/mol. The molecule has 2 amide bonds. The average Bonchev–Trinajstić information content (AvgIpc) is 3.60. The van der Waals surface area contributed by atoms with E-state index in [0.717, 1.165) is 44.3 Å². The summed E-state index contributed by atoms with van der Waals surface area (Å²) >= 11 is 1.72. The van der Waals surface area contributed by atoms with Gasteiger partial charge in [-0.05, 0) is 65.4 Å².